The van der Waals surface area contributed by atoms with Crippen molar-refractivity contribution in [3.8, 4) is 0 Å². The van der Waals surface area contributed by atoms with Gasteiger partial charge in [0.25, 0.3) is 11.5 Å². The molecule has 1 atom stereocenters. The van der Waals surface area contributed by atoms with E-state index in [2.05, 4.69) is 5.10 Å². The quantitative estimate of drug-likeness (QED) is 0.812. The van der Waals surface area contributed by atoms with Gasteiger partial charge in [0.1, 0.15) is 6.04 Å². The van der Waals surface area contributed by atoms with Crippen molar-refractivity contribution in [2.45, 2.75) is 13.0 Å². The molecule has 2 amide bonds. The molecule has 3 heterocycles. The molecule has 0 saturated carbocycles. The predicted octanol–water partition coefficient (Wildman–Crippen LogP) is 0.382. The molecule has 1 aliphatic rings. The zero-order chi connectivity index (χ0) is 17.1. The Balaban J connectivity index is 1.62. The van der Waals surface area contributed by atoms with E-state index in [0.717, 1.165) is 0 Å². The van der Waals surface area contributed by atoms with Gasteiger partial charge in [-0.3, -0.25) is 14.4 Å². The van der Waals surface area contributed by atoms with Gasteiger partial charge < -0.3 is 14.2 Å². The Hall–Kier alpha value is -2.90. The lowest BCUT2D eigenvalue weighted by Crippen LogP contribution is -2.52. The Morgan fingerprint density at radius 3 is 2.46 bits per heavy atom. The number of nitrogens with zero attached hydrogens (tertiary/aromatic N) is 4. The van der Waals surface area contributed by atoms with Crippen LogP contribution < -0.4 is 5.56 Å². The molecule has 0 aromatic carbocycles. The standard InChI is InChI=1S/C16H18N4O4/c1-12(20-14(21)5-2-6-17-20)15(22)18-7-9-19(10-8-18)16(23)13-4-3-11-24-13/h2-6,11-12H,7-10H2,1H3. The maximum atomic E-state index is 12.6. The molecule has 0 bridgehead atoms. The lowest BCUT2D eigenvalue weighted by molar-refractivity contribution is -0.136. The summed E-state index contributed by atoms with van der Waals surface area (Å²) in [6.45, 7) is 3.33. The average Bonchev–Trinajstić information content (AvgIpc) is 3.15. The number of hydrogen-bond acceptors (Lipinski definition) is 5. The van der Waals surface area contributed by atoms with E-state index in [-0.39, 0.29) is 17.4 Å². The molecule has 2 aromatic rings. The molecular weight excluding hydrogens is 312 g/mol. The van der Waals surface area contributed by atoms with E-state index >= 15 is 0 Å². The van der Waals surface area contributed by atoms with Crippen molar-refractivity contribution in [2.24, 2.45) is 0 Å². The van der Waals surface area contributed by atoms with E-state index in [1.807, 2.05) is 0 Å². The van der Waals surface area contributed by atoms with Gasteiger partial charge in [-0.25, -0.2) is 4.68 Å². The maximum Gasteiger partial charge on any atom is 0.289 e. The second-order valence-corrected chi connectivity index (χ2v) is 5.58. The van der Waals surface area contributed by atoms with E-state index in [1.54, 1.807) is 28.9 Å². The Bertz CT molecular complexity index is 775. The fourth-order valence-corrected chi connectivity index (χ4v) is 2.71. The Labute approximate surface area is 138 Å². The van der Waals surface area contributed by atoms with Crippen LogP contribution in [0.4, 0.5) is 0 Å². The van der Waals surface area contributed by atoms with Crippen molar-refractivity contribution in [1.29, 1.82) is 0 Å². The third-order valence-electron chi connectivity index (χ3n) is 4.08. The first kappa shape index (κ1) is 16.0. The van der Waals surface area contributed by atoms with Crippen molar-refractivity contribution in [3.05, 3.63) is 52.8 Å². The van der Waals surface area contributed by atoms with Gasteiger partial charge in [-0.05, 0) is 25.1 Å². The van der Waals surface area contributed by atoms with E-state index in [4.69, 9.17) is 4.42 Å². The van der Waals surface area contributed by atoms with Crippen LogP contribution in [0.15, 0.2) is 45.9 Å². The van der Waals surface area contributed by atoms with Gasteiger partial charge >= 0.3 is 0 Å². The number of carbonyl (C=O) groups is 2. The summed E-state index contributed by atoms with van der Waals surface area (Å²) in [7, 11) is 0. The second kappa shape index (κ2) is 6.69. The highest BCUT2D eigenvalue weighted by molar-refractivity contribution is 5.91. The van der Waals surface area contributed by atoms with E-state index in [1.165, 1.54) is 29.3 Å². The number of carbonyl (C=O) groups excluding carboxylic acids is 2. The van der Waals surface area contributed by atoms with Crippen molar-refractivity contribution in [2.75, 3.05) is 26.2 Å². The zero-order valence-electron chi connectivity index (χ0n) is 13.3. The smallest absolute Gasteiger partial charge is 0.289 e. The normalized spacial score (nSPS) is 16.0. The summed E-state index contributed by atoms with van der Waals surface area (Å²) in [5.74, 6) is -0.0647. The Morgan fingerprint density at radius 2 is 1.83 bits per heavy atom. The lowest BCUT2D eigenvalue weighted by atomic mass is 10.2. The van der Waals surface area contributed by atoms with Crippen LogP contribution >= 0.6 is 0 Å². The average molecular weight is 330 g/mol. The van der Waals surface area contributed by atoms with Gasteiger partial charge in [0, 0.05) is 38.4 Å². The first-order valence-corrected chi connectivity index (χ1v) is 7.73. The van der Waals surface area contributed by atoms with Gasteiger partial charge in [-0.15, -0.1) is 0 Å². The molecule has 8 nitrogen and oxygen atoms in total. The molecule has 24 heavy (non-hydrogen) atoms. The maximum absolute atomic E-state index is 12.6. The van der Waals surface area contributed by atoms with Crippen molar-refractivity contribution < 1.29 is 14.0 Å². The van der Waals surface area contributed by atoms with Crippen LogP contribution in [0.1, 0.15) is 23.5 Å². The van der Waals surface area contributed by atoms with Crippen LogP contribution in [-0.4, -0.2) is 57.6 Å². The number of piperazine rings is 1. The molecular formula is C16H18N4O4. The van der Waals surface area contributed by atoms with Crippen molar-refractivity contribution >= 4 is 11.8 Å². The van der Waals surface area contributed by atoms with Crippen LogP contribution in [0.2, 0.25) is 0 Å². The molecule has 2 aromatic heterocycles. The summed E-state index contributed by atoms with van der Waals surface area (Å²) >= 11 is 0. The molecule has 3 rings (SSSR count). The summed E-state index contributed by atoms with van der Waals surface area (Å²) < 4.78 is 6.28. The third kappa shape index (κ3) is 3.08. The molecule has 0 N–H and O–H groups in total. The minimum atomic E-state index is -0.675. The molecule has 0 spiro atoms. The summed E-state index contributed by atoms with van der Waals surface area (Å²) in [6.07, 6.45) is 2.93. The fourth-order valence-electron chi connectivity index (χ4n) is 2.71. The topological polar surface area (TPSA) is 88.7 Å². The van der Waals surface area contributed by atoms with Gasteiger partial charge in [0.15, 0.2) is 5.76 Å². The first-order chi connectivity index (χ1) is 11.6. The number of hydrogen-bond donors (Lipinski definition) is 0. The van der Waals surface area contributed by atoms with Crippen LogP contribution in [-0.2, 0) is 4.79 Å². The number of rotatable bonds is 3. The third-order valence-corrected chi connectivity index (χ3v) is 4.08. The van der Waals surface area contributed by atoms with E-state index in [9.17, 15) is 14.4 Å². The monoisotopic (exact) mass is 330 g/mol. The highest BCUT2D eigenvalue weighted by Gasteiger charge is 2.29. The first-order valence-electron chi connectivity index (χ1n) is 7.73. The highest BCUT2D eigenvalue weighted by Crippen LogP contribution is 2.12. The summed E-state index contributed by atoms with van der Waals surface area (Å²) in [5.41, 5.74) is -0.315. The number of aromatic nitrogens is 2. The van der Waals surface area contributed by atoms with Gasteiger partial charge in [-0.2, -0.15) is 5.10 Å². The van der Waals surface area contributed by atoms with Crippen molar-refractivity contribution in [1.82, 2.24) is 19.6 Å². The zero-order valence-corrected chi connectivity index (χ0v) is 13.3. The van der Waals surface area contributed by atoms with Crippen LogP contribution in [0, 0.1) is 0 Å². The molecule has 126 valence electrons. The molecule has 1 aliphatic heterocycles. The van der Waals surface area contributed by atoms with Gasteiger partial charge in [-0.1, -0.05) is 0 Å². The van der Waals surface area contributed by atoms with E-state index < -0.39 is 6.04 Å². The second-order valence-electron chi connectivity index (χ2n) is 5.58. The summed E-state index contributed by atoms with van der Waals surface area (Å²) in [6, 6.07) is 5.52. The molecule has 0 aliphatic carbocycles. The Kier molecular flexibility index (Phi) is 4.45. The summed E-state index contributed by atoms with van der Waals surface area (Å²) in [5, 5.41) is 3.95. The molecule has 1 saturated heterocycles. The van der Waals surface area contributed by atoms with Gasteiger partial charge in [0.05, 0.1) is 6.26 Å². The molecule has 8 heteroatoms. The molecule has 0 radical (unpaired) electrons. The molecule has 1 fully saturated rings. The Morgan fingerprint density at radius 1 is 1.12 bits per heavy atom. The highest BCUT2D eigenvalue weighted by atomic mass is 16.3. The fraction of sp³-hybridized carbons (Fsp3) is 0.375. The predicted molar refractivity (Wildman–Crippen MR) is 84.4 cm³/mol. The van der Waals surface area contributed by atoms with Crippen LogP contribution in [0.5, 0.6) is 0 Å². The number of amides is 2. The van der Waals surface area contributed by atoms with Gasteiger partial charge in [0.2, 0.25) is 5.91 Å². The largest absolute Gasteiger partial charge is 0.459 e. The minimum absolute atomic E-state index is 0.180. The van der Waals surface area contributed by atoms with Crippen LogP contribution in [0.25, 0.3) is 0 Å². The van der Waals surface area contributed by atoms with E-state index in [0.29, 0.717) is 31.9 Å². The lowest BCUT2D eigenvalue weighted by Gasteiger charge is -2.35. The number of furan rings is 1. The minimum Gasteiger partial charge on any atom is -0.459 e. The SMILES string of the molecule is CC(C(=O)N1CCN(C(=O)c2ccco2)CC1)n1ncccc1=O. The summed E-state index contributed by atoms with van der Waals surface area (Å²) in [4.78, 5) is 39.9. The molecule has 1 unspecified atom stereocenters. The van der Waals surface area contributed by atoms with Crippen molar-refractivity contribution in [3.63, 3.8) is 0 Å². The van der Waals surface area contributed by atoms with Crippen LogP contribution in [0.3, 0.4) is 0 Å².